The lowest BCUT2D eigenvalue weighted by molar-refractivity contribution is -0.116. The van der Waals surface area contributed by atoms with Crippen LogP contribution in [-0.2, 0) is 22.7 Å². The quantitative estimate of drug-likeness (QED) is 0.360. The van der Waals surface area contributed by atoms with Crippen molar-refractivity contribution in [2.24, 2.45) is 0 Å². The van der Waals surface area contributed by atoms with Gasteiger partial charge < -0.3 is 15.2 Å². The summed E-state index contributed by atoms with van der Waals surface area (Å²) in [6, 6.07) is 12.8. The summed E-state index contributed by atoms with van der Waals surface area (Å²) in [5, 5.41) is 14.8. The Bertz CT molecular complexity index is 1120. The molecule has 3 rings (SSSR count). The van der Waals surface area contributed by atoms with Crippen LogP contribution < -0.4 is 10.6 Å². The molecule has 166 valence electrons. The highest BCUT2D eigenvalue weighted by Crippen LogP contribution is 2.18. The van der Waals surface area contributed by atoms with Crippen LogP contribution in [0.2, 0.25) is 5.02 Å². The van der Waals surface area contributed by atoms with Gasteiger partial charge in [0.25, 0.3) is 0 Å². The van der Waals surface area contributed by atoms with E-state index in [0.717, 1.165) is 5.56 Å². The Morgan fingerprint density at radius 1 is 1.16 bits per heavy atom. The van der Waals surface area contributed by atoms with E-state index in [1.54, 1.807) is 12.1 Å². The molecule has 0 aliphatic carbocycles. The van der Waals surface area contributed by atoms with Crippen molar-refractivity contribution in [3.8, 4) is 0 Å². The Hall–Kier alpha value is -3.17. The van der Waals surface area contributed by atoms with Gasteiger partial charge in [-0.05, 0) is 48.9 Å². The number of aromatic nitrogens is 3. The van der Waals surface area contributed by atoms with Crippen molar-refractivity contribution in [3.05, 3.63) is 76.8 Å². The zero-order valence-electron chi connectivity index (χ0n) is 17.2. The zero-order valence-corrected chi connectivity index (χ0v) is 18.8. The summed E-state index contributed by atoms with van der Waals surface area (Å²) in [4.78, 5) is 24.3. The third-order valence-electron chi connectivity index (χ3n) is 4.31. The number of thioether (sulfide) groups is 1. The van der Waals surface area contributed by atoms with Crippen molar-refractivity contribution in [2.75, 3.05) is 11.1 Å². The summed E-state index contributed by atoms with van der Waals surface area (Å²) in [5.74, 6) is -0.210. The third-order valence-corrected chi connectivity index (χ3v) is 5.62. The molecule has 0 aliphatic rings. The minimum atomic E-state index is -0.368. The second-order valence-electron chi connectivity index (χ2n) is 6.56. The number of nitrogens with zero attached hydrogens (tertiary/aromatic N) is 3. The monoisotopic (exact) mass is 473 g/mol. The molecule has 2 aromatic carbocycles. The van der Waals surface area contributed by atoms with Crippen LogP contribution in [0.15, 0.2) is 59.8 Å². The average molecular weight is 474 g/mol. The van der Waals surface area contributed by atoms with Gasteiger partial charge in [0, 0.05) is 23.3 Å². The first kappa shape index (κ1) is 23.5. The van der Waals surface area contributed by atoms with Crippen LogP contribution in [0.25, 0.3) is 6.08 Å². The molecular weight excluding hydrogens is 453 g/mol. The summed E-state index contributed by atoms with van der Waals surface area (Å²) in [6.07, 6.45) is 3.05. The number of amides is 2. The van der Waals surface area contributed by atoms with E-state index in [2.05, 4.69) is 20.8 Å². The molecule has 1 heterocycles. The zero-order chi connectivity index (χ0) is 22.9. The number of halogens is 2. The molecule has 0 unspecified atom stereocenters. The van der Waals surface area contributed by atoms with Crippen molar-refractivity contribution in [2.45, 2.75) is 25.2 Å². The Morgan fingerprint density at radius 2 is 1.91 bits per heavy atom. The maximum atomic E-state index is 13.0. The van der Waals surface area contributed by atoms with Gasteiger partial charge in [0.05, 0.1) is 12.3 Å². The molecule has 1 aromatic heterocycles. The Balaban J connectivity index is 1.52. The maximum Gasteiger partial charge on any atom is 0.244 e. The van der Waals surface area contributed by atoms with E-state index in [1.807, 2.05) is 29.7 Å². The van der Waals surface area contributed by atoms with Gasteiger partial charge in [0.15, 0.2) is 11.0 Å². The average Bonchev–Trinajstić information content (AvgIpc) is 3.19. The number of hydrogen-bond donors (Lipinski definition) is 2. The van der Waals surface area contributed by atoms with E-state index in [-0.39, 0.29) is 29.9 Å². The highest BCUT2D eigenvalue weighted by atomic mass is 35.5. The smallest absolute Gasteiger partial charge is 0.244 e. The minimum Gasteiger partial charge on any atom is -0.345 e. The van der Waals surface area contributed by atoms with E-state index >= 15 is 0 Å². The van der Waals surface area contributed by atoms with Crippen LogP contribution in [0.5, 0.6) is 0 Å². The van der Waals surface area contributed by atoms with Crippen LogP contribution in [0.1, 0.15) is 18.3 Å². The van der Waals surface area contributed by atoms with Gasteiger partial charge in [-0.25, -0.2) is 4.39 Å². The first-order valence-corrected chi connectivity index (χ1v) is 11.1. The van der Waals surface area contributed by atoms with Crippen LogP contribution in [0.3, 0.4) is 0 Å². The van der Waals surface area contributed by atoms with Crippen molar-refractivity contribution in [3.63, 3.8) is 0 Å². The van der Waals surface area contributed by atoms with E-state index in [1.165, 1.54) is 42.1 Å². The molecule has 7 nitrogen and oxygen atoms in total. The van der Waals surface area contributed by atoms with Gasteiger partial charge in [-0.15, -0.1) is 10.2 Å². The molecule has 32 heavy (non-hydrogen) atoms. The largest absolute Gasteiger partial charge is 0.345 e. The summed E-state index contributed by atoms with van der Waals surface area (Å²) in [7, 11) is 0. The fourth-order valence-electron chi connectivity index (χ4n) is 2.74. The first-order valence-electron chi connectivity index (χ1n) is 9.77. The summed E-state index contributed by atoms with van der Waals surface area (Å²) in [6.45, 7) is 2.69. The molecule has 0 bridgehead atoms. The second-order valence-corrected chi connectivity index (χ2v) is 7.91. The fourth-order valence-corrected chi connectivity index (χ4v) is 3.76. The highest BCUT2D eigenvalue weighted by Gasteiger charge is 2.14. The lowest BCUT2D eigenvalue weighted by Gasteiger charge is -2.08. The van der Waals surface area contributed by atoms with Crippen LogP contribution in [-0.4, -0.2) is 32.3 Å². The van der Waals surface area contributed by atoms with Gasteiger partial charge in [-0.2, -0.15) is 0 Å². The normalized spacial score (nSPS) is 11.0. The molecule has 0 spiro atoms. The lowest BCUT2D eigenvalue weighted by atomic mass is 10.2. The number of benzene rings is 2. The summed E-state index contributed by atoms with van der Waals surface area (Å²) in [5.41, 5.74) is 1.26. The van der Waals surface area contributed by atoms with Crippen molar-refractivity contribution in [1.82, 2.24) is 20.1 Å². The van der Waals surface area contributed by atoms with Crippen LogP contribution >= 0.6 is 23.4 Å². The van der Waals surface area contributed by atoms with Crippen LogP contribution in [0, 0.1) is 5.82 Å². The second kappa shape index (κ2) is 11.4. The number of carbonyl (C=O) groups excluding carboxylic acids is 2. The highest BCUT2D eigenvalue weighted by molar-refractivity contribution is 7.99. The summed E-state index contributed by atoms with van der Waals surface area (Å²) < 4.78 is 14.8. The molecular formula is C22H21ClFN5O2S. The van der Waals surface area contributed by atoms with Crippen molar-refractivity contribution >= 4 is 46.9 Å². The van der Waals surface area contributed by atoms with Crippen molar-refractivity contribution < 1.29 is 14.0 Å². The molecule has 2 N–H and O–H groups in total. The Morgan fingerprint density at radius 3 is 2.62 bits per heavy atom. The summed E-state index contributed by atoms with van der Waals surface area (Å²) >= 11 is 7.30. The van der Waals surface area contributed by atoms with E-state index in [4.69, 9.17) is 11.6 Å². The van der Waals surface area contributed by atoms with Gasteiger partial charge in [-0.1, -0.05) is 41.6 Å². The van der Waals surface area contributed by atoms with E-state index in [9.17, 15) is 14.0 Å². The number of carbonyl (C=O) groups is 2. The first-order chi connectivity index (χ1) is 15.5. The minimum absolute atomic E-state index is 0.114. The number of nitrogens with one attached hydrogen (secondary N) is 2. The molecule has 2 amide bonds. The lowest BCUT2D eigenvalue weighted by Crippen LogP contribution is -2.22. The predicted octanol–water partition coefficient (Wildman–Crippen LogP) is 4.15. The molecule has 0 atom stereocenters. The third kappa shape index (κ3) is 6.66. The standard InChI is InChI=1S/C22H21ClFN5O2S/c1-2-29-19(13-25-20(30)12-7-15-5-3-4-6-18(15)23)27-28-22(29)32-14-21(31)26-17-10-8-16(24)9-11-17/h3-12H,2,13-14H2,1H3,(H,25,30)(H,26,31)/b12-7+. The Kier molecular flexibility index (Phi) is 8.41. The number of anilines is 1. The molecule has 0 fully saturated rings. The van der Waals surface area contributed by atoms with E-state index in [0.29, 0.717) is 28.2 Å². The molecule has 3 aromatic rings. The van der Waals surface area contributed by atoms with Gasteiger partial charge in [-0.3, -0.25) is 9.59 Å². The van der Waals surface area contributed by atoms with Gasteiger partial charge >= 0.3 is 0 Å². The topological polar surface area (TPSA) is 88.9 Å². The Labute approximate surface area is 194 Å². The maximum absolute atomic E-state index is 13.0. The molecule has 0 radical (unpaired) electrons. The molecule has 10 heteroatoms. The predicted molar refractivity (Wildman–Crippen MR) is 124 cm³/mol. The molecule has 0 saturated heterocycles. The fraction of sp³-hybridized carbons (Fsp3) is 0.182. The van der Waals surface area contributed by atoms with Gasteiger partial charge in [0.1, 0.15) is 5.82 Å². The number of hydrogen-bond acceptors (Lipinski definition) is 5. The molecule has 0 saturated carbocycles. The SMILES string of the molecule is CCn1c(CNC(=O)/C=C/c2ccccc2Cl)nnc1SCC(=O)Nc1ccc(F)cc1. The number of rotatable bonds is 9. The van der Waals surface area contributed by atoms with Crippen LogP contribution in [0.4, 0.5) is 10.1 Å². The van der Waals surface area contributed by atoms with Gasteiger partial charge in [0.2, 0.25) is 11.8 Å². The van der Waals surface area contributed by atoms with E-state index < -0.39 is 0 Å². The molecule has 0 aliphatic heterocycles. The van der Waals surface area contributed by atoms with Crippen molar-refractivity contribution in [1.29, 1.82) is 0 Å².